The Morgan fingerprint density at radius 3 is 2.90 bits per heavy atom. The van der Waals surface area contributed by atoms with Crippen LogP contribution in [0.4, 0.5) is 5.69 Å². The third-order valence-corrected chi connectivity index (χ3v) is 4.31. The highest BCUT2D eigenvalue weighted by molar-refractivity contribution is 5.49. The molecule has 1 fully saturated rings. The topological polar surface area (TPSA) is 47.3 Å². The number of nitrogens with one attached hydrogen (secondary N) is 1. The van der Waals surface area contributed by atoms with Crippen LogP contribution in [0.25, 0.3) is 0 Å². The third-order valence-electron chi connectivity index (χ3n) is 4.31. The third kappa shape index (κ3) is 4.14. The zero-order valence-corrected chi connectivity index (χ0v) is 12.8. The SMILES string of the molecule is CCC(C)Oc1cccc(NC2CCCCC2CN)c1. The molecule has 112 valence electrons. The van der Waals surface area contributed by atoms with Crippen molar-refractivity contribution >= 4 is 5.69 Å². The molecular weight excluding hydrogens is 248 g/mol. The molecule has 0 radical (unpaired) electrons. The van der Waals surface area contributed by atoms with Gasteiger partial charge in [0.05, 0.1) is 6.10 Å². The van der Waals surface area contributed by atoms with Crippen molar-refractivity contribution in [1.82, 2.24) is 0 Å². The maximum atomic E-state index is 5.90. The minimum absolute atomic E-state index is 0.261. The van der Waals surface area contributed by atoms with E-state index in [0.717, 1.165) is 24.4 Å². The quantitative estimate of drug-likeness (QED) is 0.831. The number of nitrogens with two attached hydrogens (primary N) is 1. The molecule has 1 saturated carbocycles. The molecule has 0 aromatic heterocycles. The number of benzene rings is 1. The number of ether oxygens (including phenoxy) is 1. The second kappa shape index (κ2) is 7.53. The predicted molar refractivity (Wildman–Crippen MR) is 85.2 cm³/mol. The van der Waals surface area contributed by atoms with Gasteiger partial charge in [0, 0.05) is 17.8 Å². The van der Waals surface area contributed by atoms with Crippen molar-refractivity contribution in [2.24, 2.45) is 11.7 Å². The summed E-state index contributed by atoms with van der Waals surface area (Å²) in [7, 11) is 0. The van der Waals surface area contributed by atoms with Crippen LogP contribution in [0.15, 0.2) is 24.3 Å². The lowest BCUT2D eigenvalue weighted by molar-refractivity contribution is 0.217. The van der Waals surface area contributed by atoms with Crippen molar-refractivity contribution in [3.05, 3.63) is 24.3 Å². The second-order valence-electron chi connectivity index (χ2n) is 5.90. The fourth-order valence-electron chi connectivity index (χ4n) is 2.87. The van der Waals surface area contributed by atoms with Crippen LogP contribution in [-0.4, -0.2) is 18.7 Å². The van der Waals surface area contributed by atoms with Crippen LogP contribution in [0, 0.1) is 5.92 Å². The molecule has 3 unspecified atom stereocenters. The van der Waals surface area contributed by atoms with Crippen molar-refractivity contribution < 1.29 is 4.74 Å². The van der Waals surface area contributed by atoms with Gasteiger partial charge >= 0.3 is 0 Å². The lowest BCUT2D eigenvalue weighted by Crippen LogP contribution is -2.36. The zero-order valence-electron chi connectivity index (χ0n) is 12.8. The Hall–Kier alpha value is -1.22. The van der Waals surface area contributed by atoms with Crippen molar-refractivity contribution in [2.45, 2.75) is 58.1 Å². The molecular formula is C17H28N2O. The van der Waals surface area contributed by atoms with Gasteiger partial charge < -0.3 is 15.8 Å². The average Bonchev–Trinajstić information content (AvgIpc) is 2.48. The first-order valence-corrected chi connectivity index (χ1v) is 7.96. The molecule has 2 rings (SSSR count). The molecule has 3 N–H and O–H groups in total. The molecule has 1 aliphatic rings. The maximum absolute atomic E-state index is 5.90. The van der Waals surface area contributed by atoms with Crippen LogP contribution in [0.2, 0.25) is 0 Å². The summed E-state index contributed by atoms with van der Waals surface area (Å²) >= 11 is 0. The molecule has 3 nitrogen and oxygen atoms in total. The highest BCUT2D eigenvalue weighted by atomic mass is 16.5. The van der Waals surface area contributed by atoms with Gasteiger partial charge in [-0.05, 0) is 50.8 Å². The van der Waals surface area contributed by atoms with Crippen LogP contribution >= 0.6 is 0 Å². The molecule has 0 aliphatic heterocycles. The maximum Gasteiger partial charge on any atom is 0.121 e. The minimum Gasteiger partial charge on any atom is -0.491 e. The van der Waals surface area contributed by atoms with E-state index in [1.165, 1.54) is 25.7 Å². The average molecular weight is 276 g/mol. The molecule has 1 aliphatic carbocycles. The predicted octanol–water partition coefficient (Wildman–Crippen LogP) is 3.79. The van der Waals surface area contributed by atoms with E-state index in [9.17, 15) is 0 Å². The van der Waals surface area contributed by atoms with E-state index < -0.39 is 0 Å². The van der Waals surface area contributed by atoms with Gasteiger partial charge in [0.1, 0.15) is 5.75 Å². The van der Waals surface area contributed by atoms with Crippen molar-refractivity contribution in [3.63, 3.8) is 0 Å². The Kier molecular flexibility index (Phi) is 5.72. The van der Waals surface area contributed by atoms with Crippen molar-refractivity contribution in [2.75, 3.05) is 11.9 Å². The summed E-state index contributed by atoms with van der Waals surface area (Å²) in [6.07, 6.45) is 6.37. The molecule has 3 heteroatoms. The summed E-state index contributed by atoms with van der Waals surface area (Å²) in [5.41, 5.74) is 7.05. The van der Waals surface area contributed by atoms with E-state index in [1.54, 1.807) is 0 Å². The molecule has 0 spiro atoms. The molecule has 0 bridgehead atoms. The summed E-state index contributed by atoms with van der Waals surface area (Å²) in [6.45, 7) is 5.02. The van der Waals surface area contributed by atoms with E-state index in [2.05, 4.69) is 37.4 Å². The monoisotopic (exact) mass is 276 g/mol. The second-order valence-corrected chi connectivity index (χ2v) is 5.90. The number of rotatable bonds is 6. The summed E-state index contributed by atoms with van der Waals surface area (Å²) in [6, 6.07) is 8.81. The summed E-state index contributed by atoms with van der Waals surface area (Å²) in [5.74, 6) is 1.55. The number of hydrogen-bond donors (Lipinski definition) is 2. The van der Waals surface area contributed by atoms with Crippen LogP contribution < -0.4 is 15.8 Å². The Balaban J connectivity index is 1.99. The smallest absolute Gasteiger partial charge is 0.121 e. The largest absolute Gasteiger partial charge is 0.491 e. The summed E-state index contributed by atoms with van der Waals surface area (Å²) in [4.78, 5) is 0. The molecule has 1 aromatic carbocycles. The molecule has 0 saturated heterocycles. The number of hydrogen-bond acceptors (Lipinski definition) is 3. The van der Waals surface area contributed by atoms with E-state index in [0.29, 0.717) is 12.0 Å². The fourth-order valence-corrected chi connectivity index (χ4v) is 2.87. The van der Waals surface area contributed by atoms with Crippen molar-refractivity contribution in [3.8, 4) is 5.75 Å². The highest BCUT2D eigenvalue weighted by Gasteiger charge is 2.23. The molecule has 1 aromatic rings. The Morgan fingerprint density at radius 2 is 2.15 bits per heavy atom. The van der Waals surface area contributed by atoms with E-state index in [1.807, 2.05) is 6.07 Å². The lowest BCUT2D eigenvalue weighted by Gasteiger charge is -2.32. The van der Waals surface area contributed by atoms with Gasteiger partial charge in [-0.25, -0.2) is 0 Å². The first-order chi connectivity index (χ1) is 9.72. The highest BCUT2D eigenvalue weighted by Crippen LogP contribution is 2.28. The van der Waals surface area contributed by atoms with Crippen molar-refractivity contribution in [1.29, 1.82) is 0 Å². The van der Waals surface area contributed by atoms with Crippen LogP contribution in [-0.2, 0) is 0 Å². The Labute approximate surface area is 122 Å². The van der Waals surface area contributed by atoms with E-state index in [4.69, 9.17) is 10.5 Å². The summed E-state index contributed by atoms with van der Waals surface area (Å²) < 4.78 is 5.88. The molecule has 0 amide bonds. The fraction of sp³-hybridized carbons (Fsp3) is 0.647. The minimum atomic E-state index is 0.261. The van der Waals surface area contributed by atoms with Gasteiger partial charge in [0.2, 0.25) is 0 Å². The van der Waals surface area contributed by atoms with Crippen LogP contribution in [0.1, 0.15) is 46.0 Å². The van der Waals surface area contributed by atoms with Gasteiger partial charge in [0.15, 0.2) is 0 Å². The molecule has 20 heavy (non-hydrogen) atoms. The van der Waals surface area contributed by atoms with E-state index in [-0.39, 0.29) is 6.10 Å². The van der Waals surface area contributed by atoms with Gasteiger partial charge in [-0.2, -0.15) is 0 Å². The van der Waals surface area contributed by atoms with Gasteiger partial charge in [-0.15, -0.1) is 0 Å². The van der Waals surface area contributed by atoms with Gasteiger partial charge in [0.25, 0.3) is 0 Å². The van der Waals surface area contributed by atoms with Crippen LogP contribution in [0.3, 0.4) is 0 Å². The van der Waals surface area contributed by atoms with Crippen LogP contribution in [0.5, 0.6) is 5.75 Å². The first-order valence-electron chi connectivity index (χ1n) is 7.96. The Bertz CT molecular complexity index is 408. The normalized spacial score (nSPS) is 24.1. The molecule has 3 atom stereocenters. The number of anilines is 1. The van der Waals surface area contributed by atoms with Gasteiger partial charge in [-0.1, -0.05) is 25.8 Å². The Morgan fingerprint density at radius 1 is 1.35 bits per heavy atom. The summed E-state index contributed by atoms with van der Waals surface area (Å²) in [5, 5.41) is 3.65. The molecule has 0 heterocycles. The zero-order chi connectivity index (χ0) is 14.4. The van der Waals surface area contributed by atoms with Gasteiger partial charge in [-0.3, -0.25) is 0 Å². The van der Waals surface area contributed by atoms with E-state index >= 15 is 0 Å². The lowest BCUT2D eigenvalue weighted by atomic mass is 9.84. The first kappa shape index (κ1) is 15.2. The standard InChI is InChI=1S/C17H28N2O/c1-3-13(2)20-16-9-6-8-15(11-16)19-17-10-5-4-7-14(17)12-18/h6,8-9,11,13-14,17,19H,3-5,7,10,12,18H2,1-2H3.